The van der Waals surface area contributed by atoms with Crippen LogP contribution in [0, 0.1) is 0 Å². The summed E-state index contributed by atoms with van der Waals surface area (Å²) in [6, 6.07) is -0.588. The summed E-state index contributed by atoms with van der Waals surface area (Å²) in [5.41, 5.74) is 0. The maximum absolute atomic E-state index is 10.2. The second-order valence-electron chi connectivity index (χ2n) is 1.63. The zero-order valence-corrected chi connectivity index (χ0v) is 6.77. The fraction of sp³-hybridized carbons (Fsp3) is 0.800. The maximum atomic E-state index is 10.2. The van der Waals surface area contributed by atoms with Crippen LogP contribution in [0.1, 0.15) is 0 Å². The van der Waals surface area contributed by atoms with Crippen molar-refractivity contribution in [3.8, 4) is 0 Å². The van der Waals surface area contributed by atoms with E-state index >= 15 is 0 Å². The molecule has 10 heavy (non-hydrogen) atoms. The van der Waals surface area contributed by atoms with Crippen LogP contribution in [0.4, 0.5) is 0 Å². The molecule has 4 nitrogen and oxygen atoms in total. The van der Waals surface area contributed by atoms with Crippen LogP contribution >= 0.6 is 12.4 Å². The van der Waals surface area contributed by atoms with Crippen LogP contribution in [-0.4, -0.2) is 37.9 Å². The van der Waals surface area contributed by atoms with Crippen molar-refractivity contribution in [2.45, 2.75) is 6.04 Å². The fourth-order valence-electron chi connectivity index (χ4n) is 0.445. The summed E-state index contributed by atoms with van der Waals surface area (Å²) < 4.78 is 4.61. The van der Waals surface area contributed by atoms with Gasteiger partial charge in [-0.25, -0.2) is 0 Å². The number of nitrogens with one attached hydrogen (secondary N) is 1. The Morgan fingerprint density at radius 3 is 2.40 bits per heavy atom. The minimum absolute atomic E-state index is 0. The number of hydrogen-bond acceptors (Lipinski definition) is 3. The Balaban J connectivity index is 0. The van der Waals surface area contributed by atoms with Crippen molar-refractivity contribution in [2.24, 2.45) is 0 Å². The zero-order valence-electron chi connectivity index (χ0n) is 5.96. The van der Waals surface area contributed by atoms with E-state index in [0.717, 1.165) is 0 Å². The number of carboxylic acid groups (broad SMARTS) is 1. The number of methoxy groups -OCH3 is 1. The molecule has 0 aliphatic carbocycles. The third-order valence-electron chi connectivity index (χ3n) is 0.980. The van der Waals surface area contributed by atoms with Gasteiger partial charge in [0.2, 0.25) is 0 Å². The molecule has 0 aliphatic heterocycles. The summed E-state index contributed by atoms with van der Waals surface area (Å²) in [6.07, 6.45) is 0. The molecule has 0 bridgehead atoms. The number of carboxylic acids is 1. The van der Waals surface area contributed by atoms with Crippen LogP contribution in [-0.2, 0) is 9.53 Å². The highest BCUT2D eigenvalue weighted by Gasteiger charge is 2.12. The molecule has 0 saturated heterocycles. The van der Waals surface area contributed by atoms with Gasteiger partial charge in [-0.2, -0.15) is 0 Å². The first-order valence-electron chi connectivity index (χ1n) is 2.61. The van der Waals surface area contributed by atoms with Crippen molar-refractivity contribution in [1.29, 1.82) is 0 Å². The van der Waals surface area contributed by atoms with Gasteiger partial charge in [-0.05, 0) is 7.05 Å². The van der Waals surface area contributed by atoms with Gasteiger partial charge >= 0.3 is 5.97 Å². The Morgan fingerprint density at radius 2 is 2.30 bits per heavy atom. The highest BCUT2D eigenvalue weighted by Crippen LogP contribution is 1.81. The Morgan fingerprint density at radius 1 is 1.80 bits per heavy atom. The maximum Gasteiger partial charge on any atom is 0.323 e. The number of hydrogen-bond donors (Lipinski definition) is 2. The molecule has 0 rings (SSSR count). The van der Waals surface area contributed by atoms with Gasteiger partial charge in [0, 0.05) is 7.11 Å². The summed E-state index contributed by atoms with van der Waals surface area (Å²) in [4.78, 5) is 10.2. The summed E-state index contributed by atoms with van der Waals surface area (Å²) in [6.45, 7) is 0.200. The van der Waals surface area contributed by atoms with Crippen LogP contribution in [0.2, 0.25) is 0 Å². The van der Waals surface area contributed by atoms with E-state index in [1.54, 1.807) is 7.05 Å². The molecule has 0 spiro atoms. The van der Waals surface area contributed by atoms with Gasteiger partial charge in [0.1, 0.15) is 6.04 Å². The van der Waals surface area contributed by atoms with Gasteiger partial charge in [0.05, 0.1) is 6.61 Å². The van der Waals surface area contributed by atoms with Crippen LogP contribution in [0.5, 0.6) is 0 Å². The average molecular weight is 170 g/mol. The molecule has 2 N–H and O–H groups in total. The summed E-state index contributed by atoms with van der Waals surface area (Å²) >= 11 is 0. The molecule has 0 aliphatic rings. The third kappa shape index (κ3) is 4.55. The second-order valence-corrected chi connectivity index (χ2v) is 1.63. The van der Waals surface area contributed by atoms with Gasteiger partial charge in [0.25, 0.3) is 0 Å². The normalized spacial score (nSPS) is 11.8. The highest BCUT2D eigenvalue weighted by molar-refractivity contribution is 5.85. The molecule has 0 aromatic carbocycles. The van der Waals surface area contributed by atoms with Crippen molar-refractivity contribution in [3.05, 3.63) is 0 Å². The Bertz CT molecular complexity index is 98.9. The van der Waals surface area contributed by atoms with E-state index in [1.165, 1.54) is 7.11 Å². The molecule has 0 unspecified atom stereocenters. The number of carbonyl (C=O) groups is 1. The second kappa shape index (κ2) is 6.80. The lowest BCUT2D eigenvalue weighted by Crippen LogP contribution is -2.37. The molecular formula is C5H12ClNO3. The van der Waals surface area contributed by atoms with Crippen LogP contribution < -0.4 is 5.32 Å². The van der Waals surface area contributed by atoms with Crippen molar-refractivity contribution >= 4 is 18.4 Å². The standard InChI is InChI=1S/C5H11NO3.ClH/c1-6-4(3-9-2)5(7)8;/h4,6H,3H2,1-2H3,(H,7,8);1H/t4-;/m0./s1. The monoisotopic (exact) mass is 169 g/mol. The summed E-state index contributed by atoms with van der Waals surface area (Å²) in [5.74, 6) is -0.889. The van der Waals surface area contributed by atoms with Gasteiger partial charge in [-0.15, -0.1) is 12.4 Å². The quantitative estimate of drug-likeness (QED) is 0.608. The Hall–Kier alpha value is -0.320. The number of aliphatic carboxylic acids is 1. The van der Waals surface area contributed by atoms with Crippen molar-refractivity contribution in [1.82, 2.24) is 5.32 Å². The molecule has 0 saturated carbocycles. The third-order valence-corrected chi connectivity index (χ3v) is 0.980. The first-order valence-corrected chi connectivity index (χ1v) is 2.61. The van der Waals surface area contributed by atoms with Gasteiger partial charge < -0.3 is 15.2 Å². The Kier molecular flexibility index (Phi) is 8.40. The van der Waals surface area contributed by atoms with E-state index < -0.39 is 12.0 Å². The van der Waals surface area contributed by atoms with E-state index in [-0.39, 0.29) is 19.0 Å². The molecule has 0 heterocycles. The van der Waals surface area contributed by atoms with Gasteiger partial charge in [0.15, 0.2) is 0 Å². The van der Waals surface area contributed by atoms with Crippen LogP contribution in [0.25, 0.3) is 0 Å². The SMILES string of the molecule is CN[C@@H](COC)C(=O)O.Cl. The van der Waals surface area contributed by atoms with Crippen molar-refractivity contribution in [2.75, 3.05) is 20.8 Å². The minimum atomic E-state index is -0.889. The molecular weight excluding hydrogens is 158 g/mol. The topological polar surface area (TPSA) is 58.6 Å². The first-order chi connectivity index (χ1) is 4.22. The first kappa shape index (κ1) is 12.4. The molecule has 62 valence electrons. The zero-order chi connectivity index (χ0) is 7.28. The lowest BCUT2D eigenvalue weighted by Gasteiger charge is -2.07. The number of rotatable bonds is 4. The van der Waals surface area contributed by atoms with Gasteiger partial charge in [-0.1, -0.05) is 0 Å². The van der Waals surface area contributed by atoms with Crippen molar-refractivity contribution < 1.29 is 14.6 Å². The smallest absolute Gasteiger partial charge is 0.323 e. The van der Waals surface area contributed by atoms with Gasteiger partial charge in [-0.3, -0.25) is 4.79 Å². The molecule has 1 atom stereocenters. The molecule has 5 heteroatoms. The predicted octanol–water partition coefficient (Wildman–Crippen LogP) is -0.273. The fourth-order valence-corrected chi connectivity index (χ4v) is 0.445. The minimum Gasteiger partial charge on any atom is -0.480 e. The average Bonchev–Trinajstić information content (AvgIpc) is 1.82. The molecule has 0 aromatic rings. The van der Waals surface area contributed by atoms with E-state index in [9.17, 15) is 4.79 Å². The van der Waals surface area contributed by atoms with E-state index in [0.29, 0.717) is 0 Å². The lowest BCUT2D eigenvalue weighted by molar-refractivity contribution is -0.140. The lowest BCUT2D eigenvalue weighted by atomic mass is 10.3. The van der Waals surface area contributed by atoms with Crippen molar-refractivity contribution in [3.63, 3.8) is 0 Å². The number of likely N-dealkylation sites (N-methyl/N-ethyl adjacent to an activating group) is 1. The Labute approximate surface area is 66.0 Å². The summed E-state index contributed by atoms with van der Waals surface area (Å²) in [7, 11) is 3.05. The molecule has 0 aromatic heterocycles. The van der Waals surface area contributed by atoms with E-state index in [2.05, 4.69) is 10.1 Å². The van der Waals surface area contributed by atoms with E-state index in [1.807, 2.05) is 0 Å². The number of halogens is 1. The molecule has 0 amide bonds. The summed E-state index contributed by atoms with van der Waals surface area (Å²) in [5, 5.41) is 10.9. The van der Waals surface area contributed by atoms with Crippen LogP contribution in [0.3, 0.4) is 0 Å². The highest BCUT2D eigenvalue weighted by atomic mass is 35.5. The molecule has 0 radical (unpaired) electrons. The van der Waals surface area contributed by atoms with E-state index in [4.69, 9.17) is 5.11 Å². The largest absolute Gasteiger partial charge is 0.480 e. The van der Waals surface area contributed by atoms with Crippen LogP contribution in [0.15, 0.2) is 0 Å². The molecule has 0 fully saturated rings. The predicted molar refractivity (Wildman–Crippen MR) is 39.6 cm³/mol. The number of ether oxygens (including phenoxy) is 1.